The van der Waals surface area contributed by atoms with Gasteiger partial charge < -0.3 is 10.0 Å². The highest BCUT2D eigenvalue weighted by Crippen LogP contribution is 2.30. The fourth-order valence-corrected chi connectivity index (χ4v) is 4.03. The lowest BCUT2D eigenvalue weighted by Crippen LogP contribution is -2.23. The molecule has 5 nitrogen and oxygen atoms in total. The average Bonchev–Trinajstić information content (AvgIpc) is 3.02. The Hall–Kier alpha value is -2.97. The topological polar surface area (TPSA) is 73.0 Å². The van der Waals surface area contributed by atoms with Crippen LogP contribution in [0.25, 0.3) is 10.9 Å². The number of hydrogen-bond donors (Lipinski definition) is 1. The molecule has 4 rings (SSSR count). The molecule has 5 heteroatoms. The lowest BCUT2D eigenvalue weighted by Gasteiger charge is -2.20. The molecule has 1 aliphatic rings. The lowest BCUT2D eigenvalue weighted by atomic mass is 9.94. The van der Waals surface area contributed by atoms with Gasteiger partial charge in [0, 0.05) is 36.3 Å². The maximum Gasteiger partial charge on any atom is 0.147 e. The molecule has 1 aliphatic heterocycles. The molecule has 136 valence electrons. The van der Waals surface area contributed by atoms with E-state index in [0.717, 1.165) is 28.6 Å². The van der Waals surface area contributed by atoms with Gasteiger partial charge in [0.15, 0.2) is 0 Å². The van der Waals surface area contributed by atoms with Crippen LogP contribution >= 0.6 is 0 Å². The fourth-order valence-electron chi connectivity index (χ4n) is 4.03. The highest BCUT2D eigenvalue weighted by atomic mass is 16.3. The van der Waals surface area contributed by atoms with E-state index in [4.69, 9.17) is 0 Å². The van der Waals surface area contributed by atoms with Crippen LogP contribution in [0, 0.1) is 31.1 Å². The van der Waals surface area contributed by atoms with E-state index in [1.807, 2.05) is 50.4 Å². The molecule has 2 atom stereocenters. The summed E-state index contributed by atoms with van der Waals surface area (Å²) in [4.78, 5) is 11.1. The van der Waals surface area contributed by atoms with Gasteiger partial charge in [0.25, 0.3) is 0 Å². The molecule has 2 aromatic heterocycles. The molecule has 0 unspecified atom stereocenters. The molecule has 3 heterocycles. The van der Waals surface area contributed by atoms with Crippen LogP contribution < -0.4 is 4.90 Å². The number of nitriles is 1. The first-order chi connectivity index (χ1) is 13.1. The van der Waals surface area contributed by atoms with Crippen molar-refractivity contribution in [2.45, 2.75) is 26.4 Å². The molecule has 1 saturated heterocycles. The van der Waals surface area contributed by atoms with Crippen molar-refractivity contribution in [1.29, 1.82) is 5.26 Å². The zero-order chi connectivity index (χ0) is 19.0. The summed E-state index contributed by atoms with van der Waals surface area (Å²) >= 11 is 0. The smallest absolute Gasteiger partial charge is 0.147 e. The van der Waals surface area contributed by atoms with Crippen LogP contribution in [-0.2, 0) is 6.42 Å². The number of aryl methyl sites for hydroxylation is 2. The van der Waals surface area contributed by atoms with Gasteiger partial charge in [-0.2, -0.15) is 5.26 Å². The molecule has 0 radical (unpaired) electrons. The minimum atomic E-state index is -0.453. The van der Waals surface area contributed by atoms with Crippen molar-refractivity contribution in [2.75, 3.05) is 18.0 Å². The van der Waals surface area contributed by atoms with E-state index in [1.54, 1.807) is 0 Å². The summed E-state index contributed by atoms with van der Waals surface area (Å²) in [5.41, 5.74) is 4.59. The molecule has 1 fully saturated rings. The first kappa shape index (κ1) is 17.4. The quantitative estimate of drug-likeness (QED) is 0.778. The van der Waals surface area contributed by atoms with Gasteiger partial charge in [0.1, 0.15) is 11.9 Å². The Labute approximate surface area is 158 Å². The number of aromatic nitrogens is 2. The van der Waals surface area contributed by atoms with Crippen molar-refractivity contribution in [3.63, 3.8) is 0 Å². The Morgan fingerprint density at radius 1 is 1.22 bits per heavy atom. The molecule has 1 N–H and O–H groups in total. The number of anilines is 1. The minimum absolute atomic E-state index is 0.0879. The molecule has 0 amide bonds. The Balaban J connectivity index is 1.62. The highest BCUT2D eigenvalue weighted by Gasteiger charge is 2.33. The molecule has 0 aliphatic carbocycles. The van der Waals surface area contributed by atoms with Gasteiger partial charge in [0.05, 0.1) is 17.2 Å². The van der Waals surface area contributed by atoms with E-state index in [2.05, 4.69) is 27.0 Å². The van der Waals surface area contributed by atoms with Crippen molar-refractivity contribution < 1.29 is 5.11 Å². The molecule has 0 bridgehead atoms. The first-order valence-electron chi connectivity index (χ1n) is 9.21. The Morgan fingerprint density at radius 2 is 2.04 bits per heavy atom. The molecule has 27 heavy (non-hydrogen) atoms. The van der Waals surface area contributed by atoms with Gasteiger partial charge >= 0.3 is 0 Å². The summed E-state index contributed by atoms with van der Waals surface area (Å²) in [6.07, 6.45) is 2.15. The number of fused-ring (bicyclic) bond motifs is 1. The van der Waals surface area contributed by atoms with E-state index in [0.29, 0.717) is 24.5 Å². The molecule has 0 saturated carbocycles. The highest BCUT2D eigenvalue weighted by molar-refractivity contribution is 5.81. The van der Waals surface area contributed by atoms with Crippen LogP contribution in [0.15, 0.2) is 42.6 Å². The van der Waals surface area contributed by atoms with Crippen LogP contribution in [-0.4, -0.2) is 34.3 Å². The normalized spacial score (nSPS) is 19.4. The van der Waals surface area contributed by atoms with Gasteiger partial charge in [-0.05, 0) is 49.6 Å². The number of β-amino-alcohol motifs (C(OH)–C–C–N with tert-alkyl or cyclic N) is 1. The van der Waals surface area contributed by atoms with E-state index < -0.39 is 6.10 Å². The second-order valence-corrected chi connectivity index (χ2v) is 7.31. The number of nitrogens with zero attached hydrogens (tertiary/aromatic N) is 4. The van der Waals surface area contributed by atoms with Gasteiger partial charge in [-0.25, -0.2) is 4.98 Å². The monoisotopic (exact) mass is 358 g/mol. The number of rotatable bonds is 3. The van der Waals surface area contributed by atoms with Crippen molar-refractivity contribution >= 4 is 16.7 Å². The summed E-state index contributed by atoms with van der Waals surface area (Å²) in [6.45, 7) is 5.05. The van der Waals surface area contributed by atoms with Gasteiger partial charge in [0.2, 0.25) is 0 Å². The predicted octanol–water partition coefficient (Wildman–Crippen LogP) is 3.16. The third-order valence-corrected chi connectivity index (χ3v) is 5.36. The summed E-state index contributed by atoms with van der Waals surface area (Å²) in [6, 6.07) is 14.3. The summed E-state index contributed by atoms with van der Waals surface area (Å²) in [7, 11) is 0. The van der Waals surface area contributed by atoms with Gasteiger partial charge in [-0.1, -0.05) is 18.2 Å². The van der Waals surface area contributed by atoms with Crippen molar-refractivity contribution in [3.05, 3.63) is 65.0 Å². The predicted molar refractivity (Wildman–Crippen MR) is 106 cm³/mol. The Morgan fingerprint density at radius 3 is 2.85 bits per heavy atom. The maximum absolute atomic E-state index is 10.7. The van der Waals surface area contributed by atoms with Crippen LogP contribution in [0.3, 0.4) is 0 Å². The van der Waals surface area contributed by atoms with Crippen molar-refractivity contribution in [3.8, 4) is 6.07 Å². The van der Waals surface area contributed by atoms with Gasteiger partial charge in [-0.15, -0.1) is 0 Å². The lowest BCUT2D eigenvalue weighted by molar-refractivity contribution is 0.148. The van der Waals surface area contributed by atoms with Crippen LogP contribution in [0.4, 0.5) is 5.82 Å². The van der Waals surface area contributed by atoms with Crippen molar-refractivity contribution in [1.82, 2.24) is 9.97 Å². The van der Waals surface area contributed by atoms with Crippen LogP contribution in [0.2, 0.25) is 0 Å². The van der Waals surface area contributed by atoms with Crippen molar-refractivity contribution in [2.24, 2.45) is 5.92 Å². The fraction of sp³-hybridized carbons (Fsp3) is 0.318. The summed E-state index contributed by atoms with van der Waals surface area (Å²) < 4.78 is 0. The SMILES string of the molecule is Cc1cc(C)c(C#N)c(N2C[C@@H](Cc3ccnc4ccccc34)[C@H](O)C2)n1. The molecule has 1 aromatic carbocycles. The summed E-state index contributed by atoms with van der Waals surface area (Å²) in [5.74, 6) is 0.779. The number of aliphatic hydroxyl groups excluding tert-OH is 1. The van der Waals surface area contributed by atoms with E-state index in [1.165, 1.54) is 5.56 Å². The zero-order valence-corrected chi connectivity index (χ0v) is 15.6. The largest absolute Gasteiger partial charge is 0.391 e. The summed E-state index contributed by atoms with van der Waals surface area (Å²) in [5, 5.41) is 21.4. The zero-order valence-electron chi connectivity index (χ0n) is 15.6. The third-order valence-electron chi connectivity index (χ3n) is 5.36. The average molecular weight is 358 g/mol. The molecular formula is C22H22N4O. The number of hydrogen-bond acceptors (Lipinski definition) is 5. The standard InChI is InChI=1S/C22H22N4O/c1-14-9-15(2)25-22(19(14)11-23)26-12-17(21(27)13-26)10-16-7-8-24-20-6-4-3-5-18(16)20/h3-9,17,21,27H,10,12-13H2,1-2H3/t17-,21-/m1/s1. The number of benzene rings is 1. The van der Waals surface area contributed by atoms with Crippen LogP contribution in [0.5, 0.6) is 0 Å². The van der Waals surface area contributed by atoms with Crippen LogP contribution in [0.1, 0.15) is 22.4 Å². The Bertz CT molecular complexity index is 1030. The first-order valence-corrected chi connectivity index (χ1v) is 9.21. The molecule has 3 aromatic rings. The third kappa shape index (κ3) is 3.24. The molecule has 0 spiro atoms. The van der Waals surface area contributed by atoms with E-state index in [9.17, 15) is 10.4 Å². The Kier molecular flexibility index (Phi) is 4.51. The number of aliphatic hydroxyl groups is 1. The molecular weight excluding hydrogens is 336 g/mol. The van der Waals surface area contributed by atoms with E-state index >= 15 is 0 Å². The number of pyridine rings is 2. The van der Waals surface area contributed by atoms with E-state index in [-0.39, 0.29) is 5.92 Å². The minimum Gasteiger partial charge on any atom is -0.391 e. The second-order valence-electron chi connectivity index (χ2n) is 7.31. The second kappa shape index (κ2) is 6.98. The van der Waals surface area contributed by atoms with Gasteiger partial charge in [-0.3, -0.25) is 4.98 Å². The maximum atomic E-state index is 10.7. The number of para-hydroxylation sites is 1.